The third-order valence-electron chi connectivity index (χ3n) is 3.24. The minimum Gasteiger partial charge on any atom is -0.480 e. The van der Waals surface area contributed by atoms with Gasteiger partial charge in [0.25, 0.3) is 0 Å². The molecule has 0 rings (SSSR count). The van der Waals surface area contributed by atoms with E-state index in [1.807, 2.05) is 13.8 Å². The van der Waals surface area contributed by atoms with Crippen LogP contribution in [0.1, 0.15) is 40.0 Å². The van der Waals surface area contributed by atoms with Crippen LogP contribution in [0.4, 0.5) is 0 Å². The highest BCUT2D eigenvalue weighted by Gasteiger charge is 2.35. The zero-order valence-corrected chi connectivity index (χ0v) is 10.2. The molecule has 0 heterocycles. The van der Waals surface area contributed by atoms with Gasteiger partial charge in [-0.3, -0.25) is 4.79 Å². The van der Waals surface area contributed by atoms with E-state index < -0.39 is 17.4 Å². The molecule has 0 unspecified atom stereocenters. The van der Waals surface area contributed by atoms with Crippen molar-refractivity contribution in [2.24, 2.45) is 11.1 Å². The molecule has 0 aromatic rings. The number of amides is 1. The summed E-state index contributed by atoms with van der Waals surface area (Å²) < 4.78 is 0. The second kappa shape index (κ2) is 6.48. The summed E-state index contributed by atoms with van der Waals surface area (Å²) in [5, 5.41) is 11.4. The molecule has 0 spiro atoms. The maximum atomic E-state index is 12.0. The Bertz CT molecular complexity index is 241. The maximum absolute atomic E-state index is 12.0. The quantitative estimate of drug-likeness (QED) is 0.601. The van der Waals surface area contributed by atoms with Crippen molar-refractivity contribution in [2.75, 3.05) is 6.54 Å². The van der Waals surface area contributed by atoms with Gasteiger partial charge in [-0.05, 0) is 19.3 Å². The van der Waals surface area contributed by atoms with Crippen LogP contribution in [0.15, 0.2) is 0 Å². The highest BCUT2D eigenvalue weighted by molar-refractivity contribution is 5.87. The maximum Gasteiger partial charge on any atom is 0.326 e. The van der Waals surface area contributed by atoms with Crippen LogP contribution in [-0.2, 0) is 9.59 Å². The summed E-state index contributed by atoms with van der Waals surface area (Å²) in [5.74, 6) is -1.26. The molecule has 0 saturated heterocycles. The average Bonchev–Trinajstić information content (AvgIpc) is 2.28. The van der Waals surface area contributed by atoms with Crippen LogP contribution in [0.2, 0.25) is 0 Å². The minimum absolute atomic E-state index is 0.238. The van der Waals surface area contributed by atoms with Crippen molar-refractivity contribution in [3.63, 3.8) is 0 Å². The lowest BCUT2D eigenvalue weighted by Gasteiger charge is -2.29. The van der Waals surface area contributed by atoms with E-state index in [1.54, 1.807) is 6.92 Å². The molecule has 4 N–H and O–H groups in total. The van der Waals surface area contributed by atoms with Crippen LogP contribution in [0.25, 0.3) is 0 Å². The van der Waals surface area contributed by atoms with Crippen LogP contribution in [-0.4, -0.2) is 29.6 Å². The van der Waals surface area contributed by atoms with Gasteiger partial charge < -0.3 is 16.2 Å². The summed E-state index contributed by atoms with van der Waals surface area (Å²) in [7, 11) is 0. The van der Waals surface area contributed by atoms with E-state index in [0.29, 0.717) is 19.3 Å². The van der Waals surface area contributed by atoms with E-state index in [-0.39, 0.29) is 12.5 Å². The highest BCUT2D eigenvalue weighted by Crippen LogP contribution is 2.25. The summed E-state index contributed by atoms with van der Waals surface area (Å²) in [4.78, 5) is 22.8. The van der Waals surface area contributed by atoms with E-state index >= 15 is 0 Å². The molecule has 0 radical (unpaired) electrons. The fraction of sp³-hybridized carbons (Fsp3) is 0.818. The van der Waals surface area contributed by atoms with E-state index in [1.165, 1.54) is 0 Å². The number of hydrogen-bond donors (Lipinski definition) is 3. The number of aliphatic carboxylic acids is 1. The normalized spacial score (nSPS) is 13.2. The molecule has 0 aromatic carbocycles. The van der Waals surface area contributed by atoms with Gasteiger partial charge in [0.15, 0.2) is 0 Å². The fourth-order valence-corrected chi connectivity index (χ4v) is 1.60. The van der Waals surface area contributed by atoms with Crippen LogP contribution < -0.4 is 11.1 Å². The van der Waals surface area contributed by atoms with Crippen molar-refractivity contribution in [3.05, 3.63) is 0 Å². The number of nitrogens with two attached hydrogens (primary N) is 1. The zero-order chi connectivity index (χ0) is 12.8. The first-order valence-corrected chi connectivity index (χ1v) is 5.71. The smallest absolute Gasteiger partial charge is 0.326 e. The largest absolute Gasteiger partial charge is 0.480 e. The molecular weight excluding hydrogens is 208 g/mol. The Morgan fingerprint density at radius 2 is 1.81 bits per heavy atom. The van der Waals surface area contributed by atoms with Gasteiger partial charge >= 0.3 is 5.97 Å². The molecule has 16 heavy (non-hydrogen) atoms. The van der Waals surface area contributed by atoms with Gasteiger partial charge in [-0.15, -0.1) is 0 Å². The molecule has 94 valence electrons. The average molecular weight is 230 g/mol. The second-order valence-corrected chi connectivity index (χ2v) is 3.96. The Morgan fingerprint density at radius 1 is 1.31 bits per heavy atom. The lowest BCUT2D eigenvalue weighted by molar-refractivity contribution is -0.144. The number of rotatable bonds is 7. The third-order valence-corrected chi connectivity index (χ3v) is 3.24. The van der Waals surface area contributed by atoms with Gasteiger partial charge in [-0.1, -0.05) is 20.8 Å². The molecule has 0 aromatic heterocycles. The lowest BCUT2D eigenvalue weighted by Crippen LogP contribution is -2.50. The van der Waals surface area contributed by atoms with E-state index in [2.05, 4.69) is 5.32 Å². The monoisotopic (exact) mass is 230 g/mol. The predicted octanol–water partition coefficient (Wildman–Crippen LogP) is 0.731. The highest BCUT2D eigenvalue weighted by atomic mass is 16.4. The van der Waals surface area contributed by atoms with Gasteiger partial charge in [-0.2, -0.15) is 0 Å². The lowest BCUT2D eigenvalue weighted by atomic mass is 9.81. The summed E-state index contributed by atoms with van der Waals surface area (Å²) in [6.07, 6.45) is 1.60. The first-order chi connectivity index (χ1) is 7.47. The number of nitrogens with one attached hydrogen (secondary N) is 1. The first-order valence-electron chi connectivity index (χ1n) is 5.71. The minimum atomic E-state index is -1.01. The van der Waals surface area contributed by atoms with Crippen molar-refractivity contribution in [1.82, 2.24) is 5.32 Å². The molecule has 0 fully saturated rings. The topological polar surface area (TPSA) is 92.4 Å². The number of hydrogen-bond acceptors (Lipinski definition) is 3. The van der Waals surface area contributed by atoms with Gasteiger partial charge in [-0.25, -0.2) is 4.79 Å². The molecule has 5 heteroatoms. The van der Waals surface area contributed by atoms with Gasteiger partial charge in [0.05, 0.1) is 5.41 Å². The van der Waals surface area contributed by atoms with E-state index in [0.717, 1.165) is 0 Å². The molecule has 1 atom stereocenters. The number of carboxylic acids is 1. The molecule has 0 bridgehead atoms. The molecule has 5 nitrogen and oxygen atoms in total. The summed E-state index contributed by atoms with van der Waals surface area (Å²) in [6.45, 7) is 5.73. The first kappa shape index (κ1) is 14.9. The van der Waals surface area contributed by atoms with Gasteiger partial charge in [0.2, 0.25) is 5.91 Å². The molecule has 0 aliphatic carbocycles. The Kier molecular flexibility index (Phi) is 6.03. The molecule has 1 amide bonds. The number of carbonyl (C=O) groups excluding carboxylic acids is 1. The van der Waals surface area contributed by atoms with Crippen molar-refractivity contribution >= 4 is 11.9 Å². The van der Waals surface area contributed by atoms with Crippen LogP contribution in [0.3, 0.4) is 0 Å². The summed E-state index contributed by atoms with van der Waals surface area (Å²) >= 11 is 0. The molecular formula is C11H22N2O3. The second-order valence-electron chi connectivity index (χ2n) is 3.96. The number of carbonyl (C=O) groups is 2. The predicted molar refractivity (Wildman–Crippen MR) is 61.9 cm³/mol. The van der Waals surface area contributed by atoms with Crippen LogP contribution in [0, 0.1) is 5.41 Å². The van der Waals surface area contributed by atoms with Crippen molar-refractivity contribution in [1.29, 1.82) is 0 Å². The van der Waals surface area contributed by atoms with Crippen molar-refractivity contribution in [2.45, 2.75) is 46.1 Å². The third kappa shape index (κ3) is 3.20. The molecule has 0 aliphatic heterocycles. The van der Waals surface area contributed by atoms with E-state index in [9.17, 15) is 9.59 Å². The zero-order valence-electron chi connectivity index (χ0n) is 10.2. The SMILES string of the molecule is CC[C@@H](NC(=O)C(CC)(CC)CN)C(=O)O. The van der Waals surface area contributed by atoms with Crippen LogP contribution >= 0.6 is 0 Å². The Balaban J connectivity index is 4.70. The number of carboxylic acid groups (broad SMARTS) is 1. The standard InChI is InChI=1S/C11H22N2O3/c1-4-8(9(14)15)13-10(16)11(5-2,6-3)7-12/h8H,4-7,12H2,1-3H3,(H,13,16)(H,14,15)/t8-/m1/s1. The van der Waals surface area contributed by atoms with Crippen LogP contribution in [0.5, 0.6) is 0 Å². The van der Waals surface area contributed by atoms with Crippen molar-refractivity contribution in [3.8, 4) is 0 Å². The Hall–Kier alpha value is -1.10. The fourth-order valence-electron chi connectivity index (χ4n) is 1.60. The molecule has 0 saturated carbocycles. The Labute approximate surface area is 96.4 Å². The summed E-state index contributed by atoms with van der Waals surface area (Å²) in [6, 6.07) is -0.823. The van der Waals surface area contributed by atoms with E-state index in [4.69, 9.17) is 10.8 Å². The molecule has 0 aliphatic rings. The van der Waals surface area contributed by atoms with Gasteiger partial charge in [0.1, 0.15) is 6.04 Å². The Morgan fingerprint density at radius 3 is 2.06 bits per heavy atom. The summed E-state index contributed by atoms with van der Waals surface area (Å²) in [5.41, 5.74) is 4.98. The van der Waals surface area contributed by atoms with Gasteiger partial charge in [0, 0.05) is 6.54 Å². The van der Waals surface area contributed by atoms with Crippen molar-refractivity contribution < 1.29 is 14.7 Å².